The third-order valence-electron chi connectivity index (χ3n) is 2.78. The predicted molar refractivity (Wildman–Crippen MR) is 87.5 cm³/mol. The Morgan fingerprint density at radius 1 is 1.10 bits per heavy atom. The summed E-state index contributed by atoms with van der Waals surface area (Å²) in [6, 6.07) is 8.26. The van der Waals surface area contributed by atoms with Gasteiger partial charge in [0.2, 0.25) is 0 Å². The first kappa shape index (κ1) is 16.1. The molecule has 2 aromatic carbocycles. The molecule has 106 valence electrons. The highest BCUT2D eigenvalue weighted by atomic mass is 79.9. The molecule has 1 unspecified atom stereocenters. The highest BCUT2D eigenvalue weighted by Gasteiger charge is 2.20. The molecule has 0 aliphatic heterocycles. The number of methoxy groups -OCH3 is 1. The van der Waals surface area contributed by atoms with Gasteiger partial charge in [0.1, 0.15) is 11.6 Å². The van der Waals surface area contributed by atoms with E-state index in [4.69, 9.17) is 27.9 Å². The molecule has 20 heavy (non-hydrogen) atoms. The van der Waals surface area contributed by atoms with Gasteiger partial charge in [-0.05, 0) is 39.7 Å². The topological polar surface area (TPSA) is 9.23 Å². The Balaban J connectivity index is 2.52. The maximum absolute atomic E-state index is 13.5. The van der Waals surface area contributed by atoms with Gasteiger partial charge < -0.3 is 4.74 Å². The van der Waals surface area contributed by atoms with Crippen molar-refractivity contribution < 1.29 is 9.13 Å². The van der Waals surface area contributed by atoms with Gasteiger partial charge in [-0.25, -0.2) is 4.39 Å². The van der Waals surface area contributed by atoms with Crippen LogP contribution in [0.3, 0.4) is 0 Å². The lowest BCUT2D eigenvalue weighted by molar-refractivity contribution is 0.406. The van der Waals surface area contributed by atoms with Gasteiger partial charge in [-0.3, -0.25) is 0 Å². The Labute approximate surface area is 143 Å². The summed E-state index contributed by atoms with van der Waals surface area (Å²) in [6.07, 6.45) is 0. The smallest absolute Gasteiger partial charge is 0.141 e. The first-order valence-electron chi connectivity index (χ1n) is 5.56. The summed E-state index contributed by atoms with van der Waals surface area (Å²) in [5.41, 5.74) is 1.50. The van der Waals surface area contributed by atoms with E-state index in [1.165, 1.54) is 13.2 Å². The lowest BCUT2D eigenvalue weighted by atomic mass is 10.0. The average Bonchev–Trinajstić information content (AvgIpc) is 2.40. The second kappa shape index (κ2) is 6.65. The van der Waals surface area contributed by atoms with Crippen molar-refractivity contribution in [2.45, 2.75) is 5.38 Å². The van der Waals surface area contributed by atoms with E-state index < -0.39 is 11.2 Å². The zero-order chi connectivity index (χ0) is 14.9. The van der Waals surface area contributed by atoms with Crippen LogP contribution in [0.5, 0.6) is 5.75 Å². The molecule has 0 saturated carbocycles. The van der Waals surface area contributed by atoms with E-state index in [1.54, 1.807) is 18.2 Å². The first-order chi connectivity index (χ1) is 9.43. The van der Waals surface area contributed by atoms with Crippen molar-refractivity contribution in [3.8, 4) is 5.75 Å². The van der Waals surface area contributed by atoms with Crippen LogP contribution in [0.15, 0.2) is 39.3 Å². The lowest BCUT2D eigenvalue weighted by Crippen LogP contribution is -2.00. The van der Waals surface area contributed by atoms with Gasteiger partial charge in [-0.1, -0.05) is 33.6 Å². The summed E-state index contributed by atoms with van der Waals surface area (Å²) in [5.74, 6) is -0.00260. The number of halogens is 5. The second-order valence-corrected chi connectivity index (χ2v) is 6.62. The number of rotatable bonds is 3. The zero-order valence-electron chi connectivity index (χ0n) is 10.3. The largest absolute Gasteiger partial charge is 0.496 e. The maximum Gasteiger partial charge on any atom is 0.141 e. The molecule has 1 atom stereocenters. The van der Waals surface area contributed by atoms with Gasteiger partial charge in [0.25, 0.3) is 0 Å². The lowest BCUT2D eigenvalue weighted by Gasteiger charge is -2.16. The molecule has 0 N–H and O–H groups in total. The van der Waals surface area contributed by atoms with E-state index in [0.29, 0.717) is 20.8 Å². The molecule has 6 heteroatoms. The molecule has 2 aromatic rings. The Bertz CT molecular complexity index is 649. The van der Waals surface area contributed by atoms with Crippen molar-refractivity contribution in [3.05, 3.63) is 61.2 Å². The molecule has 2 rings (SSSR count). The molecule has 0 bridgehead atoms. The summed E-state index contributed by atoms with van der Waals surface area (Å²) < 4.78 is 19.9. The van der Waals surface area contributed by atoms with E-state index in [0.717, 1.165) is 10.0 Å². The van der Waals surface area contributed by atoms with E-state index in [1.807, 2.05) is 6.07 Å². The van der Waals surface area contributed by atoms with E-state index in [2.05, 4.69) is 31.9 Å². The zero-order valence-corrected chi connectivity index (χ0v) is 14.9. The summed E-state index contributed by atoms with van der Waals surface area (Å²) >= 11 is 19.0. The maximum atomic E-state index is 13.5. The van der Waals surface area contributed by atoms with Gasteiger partial charge in [-0.15, -0.1) is 11.6 Å². The van der Waals surface area contributed by atoms with Crippen LogP contribution in [0.2, 0.25) is 5.02 Å². The Hall–Kier alpha value is -0.290. The van der Waals surface area contributed by atoms with E-state index in [9.17, 15) is 4.39 Å². The third-order valence-corrected chi connectivity index (χ3v) is 4.78. The minimum Gasteiger partial charge on any atom is -0.496 e. The SMILES string of the molecule is COc1cc(F)c(Br)cc1C(Cl)c1ccc(Cl)cc1Br. The minimum absolute atomic E-state index is 0.337. The fourth-order valence-electron chi connectivity index (χ4n) is 1.79. The predicted octanol–water partition coefficient (Wildman–Crippen LogP) is 6.34. The van der Waals surface area contributed by atoms with Crippen LogP contribution in [0.4, 0.5) is 4.39 Å². The molecule has 0 aromatic heterocycles. The van der Waals surface area contributed by atoms with E-state index in [-0.39, 0.29) is 0 Å². The van der Waals surface area contributed by atoms with Gasteiger partial charge in [0.15, 0.2) is 0 Å². The van der Waals surface area contributed by atoms with Crippen molar-refractivity contribution in [1.29, 1.82) is 0 Å². The Morgan fingerprint density at radius 3 is 2.40 bits per heavy atom. The van der Waals surface area contributed by atoms with Crippen LogP contribution in [-0.2, 0) is 0 Å². The van der Waals surface area contributed by atoms with Crippen molar-refractivity contribution in [2.75, 3.05) is 7.11 Å². The summed E-state index contributed by atoms with van der Waals surface area (Å²) in [5, 5.41) is 0.116. The highest BCUT2D eigenvalue weighted by Crippen LogP contribution is 2.40. The molecular weight excluding hydrogens is 434 g/mol. The van der Waals surface area contributed by atoms with Crippen molar-refractivity contribution >= 4 is 55.1 Å². The quantitative estimate of drug-likeness (QED) is 0.504. The van der Waals surface area contributed by atoms with Crippen LogP contribution in [0, 0.1) is 5.82 Å². The Kier molecular flexibility index (Phi) is 5.35. The van der Waals surface area contributed by atoms with Gasteiger partial charge in [-0.2, -0.15) is 0 Å². The molecule has 0 fully saturated rings. The molecular formula is C14H9Br2Cl2FO. The molecule has 0 saturated heterocycles. The van der Waals surface area contributed by atoms with Crippen LogP contribution in [0.25, 0.3) is 0 Å². The number of hydrogen-bond donors (Lipinski definition) is 0. The Morgan fingerprint density at radius 2 is 1.80 bits per heavy atom. The fraction of sp³-hybridized carbons (Fsp3) is 0.143. The van der Waals surface area contributed by atoms with E-state index >= 15 is 0 Å². The number of hydrogen-bond acceptors (Lipinski definition) is 1. The molecule has 0 aliphatic carbocycles. The summed E-state index contributed by atoms with van der Waals surface area (Å²) in [6.45, 7) is 0. The monoisotopic (exact) mass is 440 g/mol. The third kappa shape index (κ3) is 3.30. The number of alkyl halides is 1. The fourth-order valence-corrected chi connectivity index (χ4v) is 3.56. The molecule has 0 amide bonds. The first-order valence-corrected chi connectivity index (χ1v) is 7.96. The van der Waals surface area contributed by atoms with Crippen LogP contribution >= 0.6 is 55.1 Å². The molecule has 0 spiro atoms. The van der Waals surface area contributed by atoms with Gasteiger partial charge >= 0.3 is 0 Å². The van der Waals surface area contributed by atoms with Crippen LogP contribution in [-0.4, -0.2) is 7.11 Å². The van der Waals surface area contributed by atoms with Gasteiger partial charge in [0.05, 0.1) is 17.0 Å². The van der Waals surface area contributed by atoms with Crippen molar-refractivity contribution in [3.63, 3.8) is 0 Å². The van der Waals surface area contributed by atoms with Crippen molar-refractivity contribution in [2.24, 2.45) is 0 Å². The molecule has 1 nitrogen and oxygen atoms in total. The van der Waals surface area contributed by atoms with Crippen LogP contribution in [0.1, 0.15) is 16.5 Å². The highest BCUT2D eigenvalue weighted by molar-refractivity contribution is 9.10. The summed E-state index contributed by atoms with van der Waals surface area (Å²) in [7, 11) is 1.48. The van der Waals surface area contributed by atoms with Crippen LogP contribution < -0.4 is 4.74 Å². The summed E-state index contributed by atoms with van der Waals surface area (Å²) in [4.78, 5) is 0. The number of benzene rings is 2. The molecule has 0 heterocycles. The second-order valence-electron chi connectivity index (χ2n) is 4.04. The minimum atomic E-state index is -0.492. The molecule has 0 radical (unpaired) electrons. The average molecular weight is 443 g/mol. The van der Waals surface area contributed by atoms with Gasteiger partial charge in [0, 0.05) is 21.1 Å². The normalized spacial score (nSPS) is 12.3. The van der Waals surface area contributed by atoms with Crippen molar-refractivity contribution in [1.82, 2.24) is 0 Å². The standard InChI is InChI=1S/C14H9Br2Cl2FO/c1-20-13-6-12(19)11(16)5-9(13)14(18)8-3-2-7(17)4-10(8)15/h2-6,14H,1H3. The number of ether oxygens (including phenoxy) is 1. The molecule has 0 aliphatic rings.